The van der Waals surface area contributed by atoms with E-state index in [9.17, 15) is 48.0 Å². The van der Waals surface area contributed by atoms with Gasteiger partial charge in [-0.15, -0.1) is 5.10 Å². The molecular weight excluding hydrogens is 547 g/mol. The molecule has 1 aromatic heterocycles. The van der Waals surface area contributed by atoms with Crippen molar-refractivity contribution < 1.29 is 46.8 Å². The summed E-state index contributed by atoms with van der Waals surface area (Å²) in [7, 11) is 0. The van der Waals surface area contributed by atoms with Crippen LogP contribution in [0.3, 0.4) is 0 Å². The molecule has 1 aliphatic heterocycles. The Morgan fingerprint density at radius 3 is 2.48 bits per heavy atom. The number of amides is 2. The molecule has 2 aromatic rings. The van der Waals surface area contributed by atoms with Gasteiger partial charge < -0.3 is 20.9 Å². The van der Waals surface area contributed by atoms with Crippen LogP contribution in [0.1, 0.15) is 25.2 Å². The highest BCUT2D eigenvalue weighted by molar-refractivity contribution is 6.62. The lowest BCUT2D eigenvalue weighted by atomic mass is 9.75. The van der Waals surface area contributed by atoms with E-state index < -0.39 is 83.3 Å². The van der Waals surface area contributed by atoms with E-state index in [1.165, 1.54) is 38.1 Å². The number of aromatic nitrogens is 4. The SMILES string of the molecule is CC(C(=O)C(=[N+]=[N-])C(=O)OCc1ccc([N+](=O)[O-])cc1)[C@H]1NC(=O)[C@@H]1C(C)NC(=O)Cn1nnnc1C(F)(F)F. The van der Waals surface area contributed by atoms with Gasteiger partial charge in [-0.2, -0.15) is 18.0 Å². The third-order valence-corrected chi connectivity index (χ3v) is 6.00. The Labute approximate surface area is 221 Å². The second kappa shape index (κ2) is 11.8. The summed E-state index contributed by atoms with van der Waals surface area (Å²) in [5, 5.41) is 24.4. The number of carbonyl (C=O) groups is 4. The van der Waals surface area contributed by atoms with Crippen LogP contribution in [0, 0.1) is 22.0 Å². The van der Waals surface area contributed by atoms with E-state index in [1.807, 2.05) is 0 Å². The largest absolute Gasteiger partial charge is 0.453 e. The van der Waals surface area contributed by atoms with Gasteiger partial charge in [0.1, 0.15) is 13.2 Å². The Bertz CT molecular complexity index is 1390. The van der Waals surface area contributed by atoms with Gasteiger partial charge in [-0.05, 0) is 35.0 Å². The summed E-state index contributed by atoms with van der Waals surface area (Å²) in [4.78, 5) is 62.6. The van der Waals surface area contributed by atoms with Crippen molar-refractivity contribution in [2.75, 3.05) is 0 Å². The van der Waals surface area contributed by atoms with E-state index in [2.05, 4.69) is 30.9 Å². The number of ether oxygens (including phenoxy) is 1. The quantitative estimate of drug-likeness (QED) is 0.0533. The second-order valence-corrected chi connectivity index (χ2v) is 8.68. The summed E-state index contributed by atoms with van der Waals surface area (Å²) in [6.07, 6.45) is -4.90. The number of hydrogen-bond donors (Lipinski definition) is 2. The van der Waals surface area contributed by atoms with Crippen molar-refractivity contribution in [1.29, 1.82) is 0 Å². The van der Waals surface area contributed by atoms with E-state index >= 15 is 0 Å². The predicted molar refractivity (Wildman–Crippen MR) is 122 cm³/mol. The van der Waals surface area contributed by atoms with Crippen LogP contribution in [0.15, 0.2) is 24.3 Å². The minimum absolute atomic E-state index is 0.194. The average Bonchev–Trinajstić information content (AvgIpc) is 3.34. The number of non-ortho nitro benzene ring substituents is 1. The molecule has 1 saturated heterocycles. The summed E-state index contributed by atoms with van der Waals surface area (Å²) in [6.45, 7) is 1.40. The molecule has 19 heteroatoms. The molecule has 40 heavy (non-hydrogen) atoms. The van der Waals surface area contributed by atoms with Gasteiger partial charge in [-0.3, -0.25) is 24.5 Å². The fraction of sp³-hybridized carbons (Fsp3) is 0.429. The number of nitro benzene ring substituents is 1. The van der Waals surface area contributed by atoms with Crippen LogP contribution in [0.4, 0.5) is 18.9 Å². The number of halogens is 3. The molecule has 0 bridgehead atoms. The lowest BCUT2D eigenvalue weighted by Gasteiger charge is -2.42. The maximum Gasteiger partial charge on any atom is 0.453 e. The van der Waals surface area contributed by atoms with Gasteiger partial charge >= 0.3 is 17.9 Å². The number of alkyl halides is 3. The summed E-state index contributed by atoms with van der Waals surface area (Å²) < 4.78 is 43.9. The fourth-order valence-corrected chi connectivity index (χ4v) is 3.93. The van der Waals surface area contributed by atoms with Crippen LogP contribution in [0.25, 0.3) is 5.53 Å². The van der Waals surface area contributed by atoms with Crippen molar-refractivity contribution in [1.82, 2.24) is 30.8 Å². The predicted octanol–water partition coefficient (Wildman–Crippen LogP) is -0.161. The number of nitrogens with one attached hydrogen (secondary N) is 2. The number of esters is 1. The summed E-state index contributed by atoms with van der Waals surface area (Å²) in [6, 6.07) is 3.06. The summed E-state index contributed by atoms with van der Waals surface area (Å²) in [5.74, 6) is -7.53. The van der Waals surface area contributed by atoms with Crippen LogP contribution in [0.5, 0.6) is 0 Å². The number of tetrazole rings is 1. The van der Waals surface area contributed by atoms with Gasteiger partial charge in [0.2, 0.25) is 11.8 Å². The van der Waals surface area contributed by atoms with Gasteiger partial charge in [0.05, 0.1) is 16.9 Å². The normalized spacial score (nSPS) is 17.9. The monoisotopic (exact) mass is 567 g/mol. The van der Waals surface area contributed by atoms with E-state index in [1.54, 1.807) is 0 Å². The number of benzene rings is 1. The first kappa shape index (κ1) is 29.5. The van der Waals surface area contributed by atoms with Gasteiger partial charge in [0.25, 0.3) is 17.3 Å². The van der Waals surface area contributed by atoms with Gasteiger partial charge in [0.15, 0.2) is 0 Å². The topological polar surface area (TPSA) is 225 Å². The number of β-lactam (4-membered cyclic amide) rings is 1. The smallest absolute Gasteiger partial charge is 0.452 e. The molecule has 0 aliphatic carbocycles. The Morgan fingerprint density at radius 1 is 1.27 bits per heavy atom. The molecule has 2 N–H and O–H groups in total. The maximum absolute atomic E-state index is 12.9. The zero-order valence-corrected chi connectivity index (χ0v) is 20.7. The molecule has 1 aliphatic rings. The average molecular weight is 567 g/mol. The molecule has 2 heterocycles. The fourth-order valence-electron chi connectivity index (χ4n) is 3.93. The number of rotatable bonds is 11. The van der Waals surface area contributed by atoms with Gasteiger partial charge in [-0.25, -0.2) is 9.48 Å². The standard InChI is InChI=1S/C21H20F3N9O7/c1-9(17(35)16(28-25)19(37)40-8-11-3-5-12(6-4-11)33(38)39)15-14(18(36)27-15)10(2)26-13(34)7-32-20(21(22,23)24)29-30-31-32/h3-6,9-10,14-15H,7-8H2,1-2H3,(H,26,34)(H,27,36)/t9?,10?,14-,15-/m1/s1. The Hall–Kier alpha value is -5.06. The highest BCUT2D eigenvalue weighted by atomic mass is 19.4. The van der Waals surface area contributed by atoms with E-state index in [4.69, 9.17) is 4.74 Å². The van der Waals surface area contributed by atoms with E-state index in [-0.39, 0.29) is 10.4 Å². The van der Waals surface area contributed by atoms with Gasteiger partial charge in [0, 0.05) is 24.1 Å². The summed E-state index contributed by atoms with van der Waals surface area (Å²) >= 11 is 0. The zero-order chi connectivity index (χ0) is 29.8. The van der Waals surface area contributed by atoms with Crippen molar-refractivity contribution in [2.24, 2.45) is 11.8 Å². The van der Waals surface area contributed by atoms with Crippen LogP contribution < -0.4 is 10.6 Å². The molecule has 3 rings (SSSR count). The second-order valence-electron chi connectivity index (χ2n) is 8.68. The molecule has 1 fully saturated rings. The first-order valence-electron chi connectivity index (χ1n) is 11.3. The lowest BCUT2D eigenvalue weighted by molar-refractivity contribution is -0.384. The van der Waals surface area contributed by atoms with Crippen molar-refractivity contribution in [2.45, 2.75) is 45.3 Å². The van der Waals surface area contributed by atoms with Crippen LogP contribution in [-0.2, 0) is 43.2 Å². The molecule has 2 amide bonds. The number of hydrogen-bond acceptors (Lipinski definition) is 10. The number of carbonyl (C=O) groups excluding carboxylic acids is 4. The molecule has 0 radical (unpaired) electrons. The molecule has 1 aromatic carbocycles. The molecule has 0 spiro atoms. The third kappa shape index (κ3) is 6.49. The molecule has 16 nitrogen and oxygen atoms in total. The lowest BCUT2D eigenvalue weighted by Crippen LogP contribution is -2.68. The highest BCUT2D eigenvalue weighted by Gasteiger charge is 2.51. The molecule has 0 saturated carbocycles. The Morgan fingerprint density at radius 2 is 1.93 bits per heavy atom. The Kier molecular flexibility index (Phi) is 8.68. The molecular formula is C21H20F3N9O7. The van der Waals surface area contributed by atoms with E-state index in [0.29, 0.717) is 5.56 Å². The minimum atomic E-state index is -4.90. The summed E-state index contributed by atoms with van der Waals surface area (Å²) in [5.41, 5.74) is 8.45. The van der Waals surface area contributed by atoms with Crippen molar-refractivity contribution in [3.63, 3.8) is 0 Å². The third-order valence-electron chi connectivity index (χ3n) is 6.00. The number of nitrogens with zero attached hydrogens (tertiary/aromatic N) is 7. The molecule has 212 valence electrons. The minimum Gasteiger partial charge on any atom is -0.452 e. The maximum atomic E-state index is 12.9. The first-order valence-corrected chi connectivity index (χ1v) is 11.3. The van der Waals surface area contributed by atoms with Gasteiger partial charge in [-0.1, -0.05) is 6.92 Å². The van der Waals surface area contributed by atoms with Crippen molar-refractivity contribution in [3.05, 3.63) is 51.3 Å². The first-order chi connectivity index (χ1) is 18.7. The Balaban J connectivity index is 1.60. The highest BCUT2D eigenvalue weighted by Crippen LogP contribution is 2.28. The van der Waals surface area contributed by atoms with Crippen molar-refractivity contribution in [3.8, 4) is 0 Å². The van der Waals surface area contributed by atoms with Crippen molar-refractivity contribution >= 4 is 35.0 Å². The number of Topliss-reactive ketones (excluding diaryl/α,β-unsaturated/α-hetero) is 1. The zero-order valence-electron chi connectivity index (χ0n) is 20.7. The van der Waals surface area contributed by atoms with Crippen LogP contribution >= 0.6 is 0 Å². The van der Waals surface area contributed by atoms with E-state index in [0.717, 1.165) is 0 Å². The number of ketones is 1. The number of nitro groups is 1. The molecule has 2 unspecified atom stereocenters. The molecule has 4 atom stereocenters. The van der Waals surface area contributed by atoms with Crippen LogP contribution in [0.2, 0.25) is 0 Å². The van der Waals surface area contributed by atoms with Crippen LogP contribution in [-0.4, -0.2) is 71.3 Å².